The molecule has 0 bridgehead atoms. The van der Waals surface area contributed by atoms with Gasteiger partial charge < -0.3 is 14.4 Å². The normalized spacial score (nSPS) is 19.1. The molecular weight excluding hydrogens is 314 g/mol. The second-order valence-corrected chi connectivity index (χ2v) is 6.17. The fraction of sp³-hybridized carbons (Fsp3) is 0.333. The Balaban J connectivity index is 2.15. The fourth-order valence-electron chi connectivity index (χ4n) is 3.45. The number of rotatable bonds is 8. The van der Waals surface area contributed by atoms with Crippen molar-refractivity contribution in [1.29, 1.82) is 0 Å². The lowest BCUT2D eigenvalue weighted by Crippen LogP contribution is -2.47. The van der Waals surface area contributed by atoms with E-state index in [9.17, 15) is 9.59 Å². The van der Waals surface area contributed by atoms with Crippen molar-refractivity contribution in [3.05, 3.63) is 71.3 Å². The minimum absolute atomic E-state index is 0.0403. The van der Waals surface area contributed by atoms with E-state index in [0.29, 0.717) is 31.6 Å². The maximum Gasteiger partial charge on any atom is 0.257 e. The van der Waals surface area contributed by atoms with Gasteiger partial charge in [-0.1, -0.05) is 55.5 Å². The van der Waals surface area contributed by atoms with Crippen LogP contribution in [0.2, 0.25) is 0 Å². The van der Waals surface area contributed by atoms with Gasteiger partial charge in [0.25, 0.3) is 5.91 Å². The molecule has 0 fully saturated rings. The molecule has 0 aromatic heterocycles. The van der Waals surface area contributed by atoms with Crippen molar-refractivity contribution >= 4 is 12.2 Å². The second-order valence-electron chi connectivity index (χ2n) is 6.17. The minimum atomic E-state index is -0.923. The van der Waals surface area contributed by atoms with Gasteiger partial charge in [-0.25, -0.2) is 0 Å². The molecule has 2 aromatic carbocycles. The molecule has 0 saturated heterocycles. The SMILES string of the molecule is CCCOC1(c2ccccc2)c2ccccc2C(=O)N1CCCC=O. The molecule has 1 aliphatic rings. The van der Waals surface area contributed by atoms with E-state index in [1.165, 1.54) is 0 Å². The topological polar surface area (TPSA) is 46.6 Å². The largest absolute Gasteiger partial charge is 0.347 e. The van der Waals surface area contributed by atoms with E-state index in [2.05, 4.69) is 6.92 Å². The number of ether oxygens (including phenoxy) is 1. The quantitative estimate of drug-likeness (QED) is 0.544. The summed E-state index contributed by atoms with van der Waals surface area (Å²) in [7, 11) is 0. The van der Waals surface area contributed by atoms with Gasteiger partial charge in [-0.05, 0) is 18.9 Å². The predicted octanol–water partition coefficient (Wildman–Crippen LogP) is 3.75. The van der Waals surface area contributed by atoms with Gasteiger partial charge in [-0.2, -0.15) is 0 Å². The maximum atomic E-state index is 13.1. The first kappa shape index (κ1) is 17.4. The summed E-state index contributed by atoms with van der Waals surface area (Å²) in [4.78, 5) is 25.6. The zero-order valence-corrected chi connectivity index (χ0v) is 14.5. The molecule has 0 radical (unpaired) electrons. The number of carbonyl (C=O) groups is 2. The zero-order valence-electron chi connectivity index (χ0n) is 14.5. The van der Waals surface area contributed by atoms with Crippen molar-refractivity contribution in [2.24, 2.45) is 0 Å². The number of hydrogen-bond donors (Lipinski definition) is 0. The molecule has 0 saturated carbocycles. The van der Waals surface area contributed by atoms with Gasteiger partial charge in [0, 0.05) is 36.3 Å². The van der Waals surface area contributed by atoms with Crippen molar-refractivity contribution in [1.82, 2.24) is 4.90 Å². The van der Waals surface area contributed by atoms with Gasteiger partial charge in [0.15, 0.2) is 5.72 Å². The summed E-state index contributed by atoms with van der Waals surface area (Å²) in [5.41, 5.74) is 1.57. The Bertz CT molecular complexity index is 744. The highest BCUT2D eigenvalue weighted by Crippen LogP contribution is 2.45. The fourth-order valence-corrected chi connectivity index (χ4v) is 3.45. The molecule has 1 heterocycles. The van der Waals surface area contributed by atoms with Crippen LogP contribution in [0.25, 0.3) is 0 Å². The summed E-state index contributed by atoms with van der Waals surface area (Å²) >= 11 is 0. The van der Waals surface area contributed by atoms with E-state index < -0.39 is 5.72 Å². The highest BCUT2D eigenvalue weighted by molar-refractivity contribution is 6.00. The average molecular weight is 337 g/mol. The van der Waals surface area contributed by atoms with Crippen LogP contribution in [0.4, 0.5) is 0 Å². The van der Waals surface area contributed by atoms with Crippen LogP contribution in [0, 0.1) is 0 Å². The lowest BCUT2D eigenvalue weighted by Gasteiger charge is -2.39. The Labute approximate surface area is 148 Å². The molecule has 1 unspecified atom stereocenters. The lowest BCUT2D eigenvalue weighted by atomic mass is 9.93. The Morgan fingerprint density at radius 1 is 1.08 bits per heavy atom. The minimum Gasteiger partial charge on any atom is -0.347 e. The van der Waals surface area contributed by atoms with Crippen LogP contribution in [-0.4, -0.2) is 30.2 Å². The maximum absolute atomic E-state index is 13.1. The Morgan fingerprint density at radius 2 is 1.80 bits per heavy atom. The molecule has 0 N–H and O–H groups in total. The van der Waals surface area contributed by atoms with Crippen LogP contribution in [0.5, 0.6) is 0 Å². The molecule has 2 aromatic rings. The van der Waals surface area contributed by atoms with Gasteiger partial charge in [0.2, 0.25) is 0 Å². The van der Waals surface area contributed by atoms with Gasteiger partial charge in [0.05, 0.1) is 0 Å². The third kappa shape index (κ3) is 2.98. The zero-order chi connectivity index (χ0) is 17.7. The van der Waals surface area contributed by atoms with Crippen LogP contribution in [0.1, 0.15) is 47.7 Å². The summed E-state index contributed by atoms with van der Waals surface area (Å²) in [5.74, 6) is -0.0403. The highest BCUT2D eigenvalue weighted by Gasteiger charge is 2.51. The van der Waals surface area contributed by atoms with Gasteiger partial charge in [-0.15, -0.1) is 0 Å². The first-order valence-electron chi connectivity index (χ1n) is 8.80. The van der Waals surface area contributed by atoms with E-state index in [4.69, 9.17) is 4.74 Å². The van der Waals surface area contributed by atoms with E-state index in [-0.39, 0.29) is 5.91 Å². The van der Waals surface area contributed by atoms with Gasteiger partial charge in [-0.3, -0.25) is 4.79 Å². The second kappa shape index (κ2) is 7.62. The van der Waals surface area contributed by atoms with E-state index in [0.717, 1.165) is 23.8 Å². The third-order valence-electron chi connectivity index (χ3n) is 4.53. The molecular formula is C21H23NO3. The lowest BCUT2D eigenvalue weighted by molar-refractivity contribution is -0.112. The molecule has 25 heavy (non-hydrogen) atoms. The van der Waals surface area contributed by atoms with Gasteiger partial charge in [0.1, 0.15) is 6.29 Å². The van der Waals surface area contributed by atoms with Crippen LogP contribution in [0.3, 0.4) is 0 Å². The summed E-state index contributed by atoms with van der Waals surface area (Å²) in [6.45, 7) is 3.07. The van der Waals surface area contributed by atoms with Crippen LogP contribution in [0.15, 0.2) is 54.6 Å². The molecule has 1 atom stereocenters. The highest BCUT2D eigenvalue weighted by atomic mass is 16.5. The number of aldehydes is 1. The third-order valence-corrected chi connectivity index (χ3v) is 4.53. The molecule has 1 amide bonds. The molecule has 3 rings (SSSR count). The van der Waals surface area contributed by atoms with Crippen LogP contribution >= 0.6 is 0 Å². The number of nitrogens with zero attached hydrogens (tertiary/aromatic N) is 1. The summed E-state index contributed by atoms with van der Waals surface area (Å²) < 4.78 is 6.38. The van der Waals surface area contributed by atoms with Crippen molar-refractivity contribution in [2.45, 2.75) is 31.9 Å². The van der Waals surface area contributed by atoms with E-state index in [1.54, 1.807) is 4.90 Å². The number of carbonyl (C=O) groups excluding carboxylic acids is 2. The number of amides is 1. The van der Waals surface area contributed by atoms with Crippen molar-refractivity contribution in [3.63, 3.8) is 0 Å². The molecule has 130 valence electrons. The van der Waals surface area contributed by atoms with E-state index >= 15 is 0 Å². The number of fused-ring (bicyclic) bond motifs is 1. The first-order valence-corrected chi connectivity index (χ1v) is 8.80. The number of benzene rings is 2. The molecule has 0 aliphatic carbocycles. The van der Waals surface area contributed by atoms with E-state index in [1.807, 2.05) is 54.6 Å². The predicted molar refractivity (Wildman–Crippen MR) is 96.2 cm³/mol. The molecule has 1 aliphatic heterocycles. The Kier molecular flexibility index (Phi) is 5.29. The Hall–Kier alpha value is -2.46. The molecule has 4 heteroatoms. The summed E-state index contributed by atoms with van der Waals surface area (Å²) in [6.07, 6.45) is 2.80. The van der Waals surface area contributed by atoms with Crippen LogP contribution in [-0.2, 0) is 15.3 Å². The van der Waals surface area contributed by atoms with Crippen molar-refractivity contribution in [3.8, 4) is 0 Å². The monoisotopic (exact) mass is 337 g/mol. The Morgan fingerprint density at radius 3 is 2.52 bits per heavy atom. The number of hydrogen-bond acceptors (Lipinski definition) is 3. The first-order chi connectivity index (χ1) is 12.3. The standard InChI is InChI=1S/C21H23NO3/c1-2-16-25-21(17-10-4-3-5-11-17)19-13-7-6-12-18(19)20(24)22(21)14-8-9-15-23/h3-7,10-13,15H,2,8-9,14,16H2,1H3. The van der Waals surface area contributed by atoms with Crippen molar-refractivity contribution in [2.75, 3.05) is 13.2 Å². The van der Waals surface area contributed by atoms with Crippen molar-refractivity contribution < 1.29 is 14.3 Å². The average Bonchev–Trinajstić information content (AvgIpc) is 2.91. The number of unbranched alkanes of at least 4 members (excludes halogenated alkanes) is 1. The smallest absolute Gasteiger partial charge is 0.257 e. The van der Waals surface area contributed by atoms with Crippen LogP contribution < -0.4 is 0 Å². The van der Waals surface area contributed by atoms with Gasteiger partial charge >= 0.3 is 0 Å². The summed E-state index contributed by atoms with van der Waals surface area (Å²) in [6, 6.07) is 17.5. The molecule has 0 spiro atoms. The summed E-state index contributed by atoms with van der Waals surface area (Å²) in [5, 5.41) is 0. The molecule has 4 nitrogen and oxygen atoms in total.